The van der Waals surface area contributed by atoms with Gasteiger partial charge in [0.05, 0.1) is 0 Å². The summed E-state index contributed by atoms with van der Waals surface area (Å²) in [6.45, 7) is 1.84. The van der Waals surface area contributed by atoms with Crippen molar-refractivity contribution in [3.63, 3.8) is 0 Å². The van der Waals surface area contributed by atoms with Gasteiger partial charge in [0.25, 0.3) is 0 Å². The first-order chi connectivity index (χ1) is 8.58. The molecule has 0 aliphatic rings. The van der Waals surface area contributed by atoms with Crippen LogP contribution in [0.4, 0.5) is 0 Å². The molecule has 0 fully saturated rings. The molecule has 18 heavy (non-hydrogen) atoms. The molecule has 98 valence electrons. The van der Waals surface area contributed by atoms with Crippen LogP contribution < -0.4 is 0 Å². The maximum absolute atomic E-state index is 11.4. The summed E-state index contributed by atoms with van der Waals surface area (Å²) in [5.74, 6) is -1.22. The van der Waals surface area contributed by atoms with Gasteiger partial charge in [-0.25, -0.2) is 0 Å². The molecule has 0 aliphatic carbocycles. The molecule has 0 aliphatic heterocycles. The predicted octanol–water partition coefficient (Wildman–Crippen LogP) is 2.42. The second kappa shape index (κ2) is 7.48. The number of benzene rings is 1. The average Bonchev–Trinajstić information content (AvgIpc) is 2.29. The van der Waals surface area contributed by atoms with Gasteiger partial charge in [-0.3, -0.25) is 9.59 Å². The van der Waals surface area contributed by atoms with E-state index in [0.717, 1.165) is 5.56 Å². The molecule has 4 nitrogen and oxygen atoms in total. The first-order valence-electron chi connectivity index (χ1n) is 6.03. The summed E-state index contributed by atoms with van der Waals surface area (Å²) in [7, 11) is 0. The largest absolute Gasteiger partial charge is 0.481 e. The number of hydrogen-bond donors (Lipinski definition) is 1. The number of ether oxygens (including phenoxy) is 1. The van der Waals surface area contributed by atoms with E-state index in [9.17, 15) is 9.59 Å². The van der Waals surface area contributed by atoms with Crippen molar-refractivity contribution in [2.75, 3.05) is 0 Å². The first kappa shape index (κ1) is 14.2. The zero-order valence-corrected chi connectivity index (χ0v) is 10.5. The first-order valence-corrected chi connectivity index (χ1v) is 6.03. The lowest BCUT2D eigenvalue weighted by molar-refractivity contribution is -0.148. The normalized spacial score (nSPS) is 11.8. The van der Waals surface area contributed by atoms with Crippen molar-refractivity contribution in [3.05, 3.63) is 35.9 Å². The van der Waals surface area contributed by atoms with E-state index in [4.69, 9.17) is 9.84 Å². The third-order valence-corrected chi connectivity index (χ3v) is 2.47. The molecule has 0 saturated heterocycles. The second-order valence-electron chi connectivity index (χ2n) is 4.24. The van der Waals surface area contributed by atoms with Gasteiger partial charge in [-0.2, -0.15) is 0 Å². The van der Waals surface area contributed by atoms with Crippen LogP contribution in [-0.4, -0.2) is 23.1 Å². The van der Waals surface area contributed by atoms with Crippen molar-refractivity contribution in [2.24, 2.45) is 0 Å². The number of carbonyl (C=O) groups excluding carboxylic acids is 1. The standard InChI is InChI=1S/C14H18O4/c1-11(10-12-6-3-2-4-7-12)18-14(17)9-5-8-13(15)16/h2-4,6-7,11H,5,8-10H2,1H3,(H,15,16). The third kappa shape index (κ3) is 6.03. The second-order valence-corrected chi connectivity index (χ2v) is 4.24. The Bertz CT molecular complexity index is 386. The van der Waals surface area contributed by atoms with Crippen LogP contribution in [-0.2, 0) is 20.7 Å². The van der Waals surface area contributed by atoms with Gasteiger partial charge in [0.1, 0.15) is 6.10 Å². The number of hydrogen-bond acceptors (Lipinski definition) is 3. The van der Waals surface area contributed by atoms with Gasteiger partial charge >= 0.3 is 11.9 Å². The topological polar surface area (TPSA) is 63.6 Å². The van der Waals surface area contributed by atoms with Gasteiger partial charge < -0.3 is 9.84 Å². The van der Waals surface area contributed by atoms with Crippen molar-refractivity contribution >= 4 is 11.9 Å². The van der Waals surface area contributed by atoms with Crippen molar-refractivity contribution in [1.82, 2.24) is 0 Å². The number of rotatable bonds is 7. The number of esters is 1. The maximum atomic E-state index is 11.4. The average molecular weight is 250 g/mol. The Balaban J connectivity index is 2.25. The highest BCUT2D eigenvalue weighted by atomic mass is 16.5. The molecule has 1 unspecified atom stereocenters. The minimum absolute atomic E-state index is 0.00215. The van der Waals surface area contributed by atoms with Crippen LogP contribution in [0.25, 0.3) is 0 Å². The predicted molar refractivity (Wildman–Crippen MR) is 67.2 cm³/mol. The molecule has 0 spiro atoms. The molecule has 0 radical (unpaired) electrons. The van der Waals surface area contributed by atoms with E-state index in [1.165, 1.54) is 0 Å². The molecular weight excluding hydrogens is 232 g/mol. The van der Waals surface area contributed by atoms with E-state index < -0.39 is 5.97 Å². The van der Waals surface area contributed by atoms with Crippen molar-refractivity contribution in [3.8, 4) is 0 Å². The molecule has 0 bridgehead atoms. The molecule has 0 saturated carbocycles. The fourth-order valence-corrected chi connectivity index (χ4v) is 1.65. The molecule has 1 N–H and O–H groups in total. The minimum Gasteiger partial charge on any atom is -0.481 e. The third-order valence-electron chi connectivity index (χ3n) is 2.47. The van der Waals surface area contributed by atoms with Gasteiger partial charge in [-0.1, -0.05) is 30.3 Å². The quantitative estimate of drug-likeness (QED) is 0.755. The number of carbonyl (C=O) groups is 2. The van der Waals surface area contributed by atoms with Gasteiger partial charge in [0.2, 0.25) is 0 Å². The summed E-state index contributed by atoms with van der Waals surface area (Å²) in [6, 6.07) is 9.78. The molecule has 1 aromatic rings. The Hall–Kier alpha value is -1.84. The lowest BCUT2D eigenvalue weighted by Crippen LogP contribution is -2.17. The van der Waals surface area contributed by atoms with E-state index >= 15 is 0 Å². The Morgan fingerprint density at radius 2 is 1.89 bits per heavy atom. The summed E-state index contributed by atoms with van der Waals surface area (Å²) in [6.07, 6.45) is 0.968. The van der Waals surface area contributed by atoms with Crippen LogP contribution in [0.5, 0.6) is 0 Å². The van der Waals surface area contributed by atoms with E-state index in [-0.39, 0.29) is 24.9 Å². The summed E-state index contributed by atoms with van der Waals surface area (Å²) >= 11 is 0. The van der Waals surface area contributed by atoms with Gasteiger partial charge in [0, 0.05) is 19.3 Å². The molecule has 1 atom stereocenters. The number of carboxylic acid groups (broad SMARTS) is 1. The summed E-state index contributed by atoms with van der Waals surface area (Å²) in [5.41, 5.74) is 1.11. The monoisotopic (exact) mass is 250 g/mol. The van der Waals surface area contributed by atoms with Crippen LogP contribution >= 0.6 is 0 Å². The van der Waals surface area contributed by atoms with Crippen LogP contribution in [0.1, 0.15) is 31.7 Å². The number of carboxylic acids is 1. The Kier molecular flexibility index (Phi) is 5.91. The van der Waals surface area contributed by atoms with Crippen LogP contribution in [0.2, 0.25) is 0 Å². The molecule has 0 amide bonds. The number of aliphatic carboxylic acids is 1. The maximum Gasteiger partial charge on any atom is 0.306 e. The van der Waals surface area contributed by atoms with E-state index in [1.54, 1.807) is 0 Å². The highest BCUT2D eigenvalue weighted by Gasteiger charge is 2.10. The summed E-state index contributed by atoms with van der Waals surface area (Å²) < 4.78 is 5.20. The van der Waals surface area contributed by atoms with Crippen molar-refractivity contribution in [1.29, 1.82) is 0 Å². The highest BCUT2D eigenvalue weighted by Crippen LogP contribution is 2.07. The van der Waals surface area contributed by atoms with E-state index in [1.807, 2.05) is 37.3 Å². The van der Waals surface area contributed by atoms with E-state index in [0.29, 0.717) is 12.8 Å². The van der Waals surface area contributed by atoms with Crippen molar-refractivity contribution < 1.29 is 19.4 Å². The highest BCUT2D eigenvalue weighted by molar-refractivity contribution is 5.71. The van der Waals surface area contributed by atoms with Crippen molar-refractivity contribution in [2.45, 2.75) is 38.7 Å². The zero-order chi connectivity index (χ0) is 13.4. The Morgan fingerprint density at radius 1 is 1.22 bits per heavy atom. The Morgan fingerprint density at radius 3 is 2.50 bits per heavy atom. The Labute approximate surface area is 107 Å². The summed E-state index contributed by atoms with van der Waals surface area (Å²) in [5, 5.41) is 8.45. The lowest BCUT2D eigenvalue weighted by atomic mass is 10.1. The van der Waals surface area contributed by atoms with Crippen LogP contribution in [0.3, 0.4) is 0 Å². The molecule has 1 aromatic carbocycles. The minimum atomic E-state index is -0.889. The lowest BCUT2D eigenvalue weighted by Gasteiger charge is -2.13. The summed E-state index contributed by atoms with van der Waals surface area (Å²) in [4.78, 5) is 21.7. The molecule has 1 rings (SSSR count). The molecule has 4 heteroatoms. The van der Waals surface area contributed by atoms with E-state index in [2.05, 4.69) is 0 Å². The van der Waals surface area contributed by atoms with Crippen LogP contribution in [0, 0.1) is 0 Å². The smallest absolute Gasteiger partial charge is 0.306 e. The fourth-order valence-electron chi connectivity index (χ4n) is 1.65. The van der Waals surface area contributed by atoms with Gasteiger partial charge in [-0.15, -0.1) is 0 Å². The molecule has 0 aromatic heterocycles. The zero-order valence-electron chi connectivity index (χ0n) is 10.5. The van der Waals surface area contributed by atoms with Crippen LogP contribution in [0.15, 0.2) is 30.3 Å². The molecule has 0 heterocycles. The van der Waals surface area contributed by atoms with Gasteiger partial charge in [-0.05, 0) is 18.9 Å². The SMILES string of the molecule is CC(Cc1ccccc1)OC(=O)CCCC(=O)O. The molecular formula is C14H18O4. The van der Waals surface area contributed by atoms with Gasteiger partial charge in [0.15, 0.2) is 0 Å². The fraction of sp³-hybridized carbons (Fsp3) is 0.429.